The fraction of sp³-hybridized carbons (Fsp3) is 0.818. The molecule has 4 fully saturated rings. The number of carbonyl (C=O) groups excluding carboxylic acids is 2. The van der Waals surface area contributed by atoms with Crippen molar-refractivity contribution in [3.8, 4) is 12.3 Å². The zero-order valence-electron chi connectivity index (χ0n) is 17.6. The Labute approximate surface area is 174 Å². The summed E-state index contributed by atoms with van der Waals surface area (Å²) in [6.45, 7) is 5.80. The Morgan fingerprint density at radius 3 is 2.55 bits per heavy atom. The van der Waals surface area contributed by atoms with E-state index < -0.39 is 0 Å². The molecule has 160 valence electrons. The Morgan fingerprint density at radius 2 is 1.86 bits per heavy atom. The van der Waals surface area contributed by atoms with Gasteiger partial charge in [-0.3, -0.25) is 4.90 Å². The lowest BCUT2D eigenvalue weighted by atomic mass is 9.85. The molecule has 4 rings (SSSR count). The van der Waals surface area contributed by atoms with E-state index in [0.717, 1.165) is 51.6 Å². The number of urea groups is 1. The van der Waals surface area contributed by atoms with Gasteiger partial charge in [-0.1, -0.05) is 18.8 Å². The van der Waals surface area contributed by atoms with Crippen molar-refractivity contribution in [3.05, 3.63) is 0 Å². The molecule has 1 N–H and O–H groups in total. The Balaban J connectivity index is 1.29. The molecule has 3 heterocycles. The van der Waals surface area contributed by atoms with Gasteiger partial charge in [0.15, 0.2) is 6.61 Å². The predicted octanol–water partition coefficient (Wildman–Crippen LogP) is 2.41. The average Bonchev–Trinajstić information content (AvgIpc) is 3.08. The maximum atomic E-state index is 12.6. The molecule has 4 aliphatic rings. The molecule has 0 bridgehead atoms. The van der Waals surface area contributed by atoms with Gasteiger partial charge in [-0.25, -0.2) is 9.59 Å². The number of fused-ring (bicyclic) bond motifs is 1. The van der Waals surface area contributed by atoms with Crippen molar-refractivity contribution in [2.75, 3.05) is 32.8 Å². The van der Waals surface area contributed by atoms with Crippen LogP contribution in [-0.2, 0) is 4.74 Å². The van der Waals surface area contributed by atoms with E-state index in [2.05, 4.69) is 28.0 Å². The first-order chi connectivity index (χ1) is 14.0. The molecule has 0 aromatic heterocycles. The van der Waals surface area contributed by atoms with Gasteiger partial charge in [0.2, 0.25) is 0 Å². The van der Waals surface area contributed by atoms with Gasteiger partial charge in [0.05, 0.1) is 12.1 Å². The average molecular weight is 403 g/mol. The number of hydrogen-bond acceptors (Lipinski definition) is 4. The van der Waals surface area contributed by atoms with Crippen LogP contribution in [0.15, 0.2) is 0 Å². The van der Waals surface area contributed by atoms with Crippen LogP contribution in [0.5, 0.6) is 0 Å². The third-order valence-corrected chi connectivity index (χ3v) is 7.63. The zero-order valence-corrected chi connectivity index (χ0v) is 17.6. The van der Waals surface area contributed by atoms with Gasteiger partial charge >= 0.3 is 12.1 Å². The number of nitrogens with one attached hydrogen (secondary N) is 1. The van der Waals surface area contributed by atoms with Crippen molar-refractivity contribution in [2.45, 2.75) is 82.0 Å². The van der Waals surface area contributed by atoms with E-state index >= 15 is 0 Å². The topological polar surface area (TPSA) is 65.1 Å². The summed E-state index contributed by atoms with van der Waals surface area (Å²) in [5.74, 6) is 2.34. The lowest BCUT2D eigenvalue weighted by Crippen LogP contribution is -2.58. The third kappa shape index (κ3) is 4.05. The van der Waals surface area contributed by atoms with E-state index in [4.69, 9.17) is 11.2 Å². The molecule has 3 amide bonds. The van der Waals surface area contributed by atoms with Crippen LogP contribution in [0.1, 0.15) is 58.3 Å². The van der Waals surface area contributed by atoms with Gasteiger partial charge < -0.3 is 19.9 Å². The van der Waals surface area contributed by atoms with Crippen molar-refractivity contribution in [2.24, 2.45) is 0 Å². The van der Waals surface area contributed by atoms with E-state index in [9.17, 15) is 9.59 Å². The lowest BCUT2D eigenvalue weighted by Gasteiger charge is -2.50. The first-order valence-electron chi connectivity index (χ1n) is 11.2. The van der Waals surface area contributed by atoms with E-state index in [1.165, 1.54) is 12.8 Å². The summed E-state index contributed by atoms with van der Waals surface area (Å²) in [4.78, 5) is 31.2. The van der Waals surface area contributed by atoms with Gasteiger partial charge in [0.25, 0.3) is 0 Å². The molecule has 2 atom stereocenters. The van der Waals surface area contributed by atoms with E-state index in [1.54, 1.807) is 4.90 Å². The number of carbonyl (C=O) groups is 2. The summed E-state index contributed by atoms with van der Waals surface area (Å²) in [5, 5.41) is 3.23. The predicted molar refractivity (Wildman–Crippen MR) is 110 cm³/mol. The molecule has 1 aliphatic carbocycles. The fourth-order valence-corrected chi connectivity index (χ4v) is 5.80. The Morgan fingerprint density at radius 1 is 1.17 bits per heavy atom. The smallest absolute Gasteiger partial charge is 0.410 e. The second kappa shape index (κ2) is 8.43. The van der Waals surface area contributed by atoms with E-state index in [1.807, 2.05) is 0 Å². The minimum Gasteiger partial charge on any atom is -0.436 e. The monoisotopic (exact) mass is 402 g/mol. The molecule has 0 aromatic carbocycles. The van der Waals surface area contributed by atoms with Gasteiger partial charge in [-0.2, -0.15) is 0 Å². The Bertz CT molecular complexity index is 659. The molecule has 3 saturated heterocycles. The van der Waals surface area contributed by atoms with Crippen molar-refractivity contribution in [3.63, 3.8) is 0 Å². The lowest BCUT2D eigenvalue weighted by molar-refractivity contribution is 0.00186. The van der Waals surface area contributed by atoms with Crippen molar-refractivity contribution >= 4 is 12.1 Å². The van der Waals surface area contributed by atoms with Gasteiger partial charge in [-0.05, 0) is 45.4 Å². The Hall–Kier alpha value is -1.94. The molecule has 7 heteroatoms. The summed E-state index contributed by atoms with van der Waals surface area (Å²) < 4.78 is 5.06. The highest BCUT2D eigenvalue weighted by molar-refractivity contribution is 5.78. The van der Waals surface area contributed by atoms with E-state index in [0.29, 0.717) is 31.2 Å². The van der Waals surface area contributed by atoms with Crippen molar-refractivity contribution < 1.29 is 14.3 Å². The summed E-state index contributed by atoms with van der Waals surface area (Å²) in [6, 6.07) is 1.29. The van der Waals surface area contributed by atoms with Crippen molar-refractivity contribution in [1.29, 1.82) is 0 Å². The molecule has 0 aromatic rings. The summed E-state index contributed by atoms with van der Waals surface area (Å²) in [7, 11) is 0. The molecular weight excluding hydrogens is 368 g/mol. The number of ether oxygens (including phenoxy) is 1. The standard InChI is InChI=1S/C22H34N4O3/c1-3-16-29-21(28)24-14-10-22(2,11-15-24)25-12-8-17(9-13-25)26-19-7-5-4-6-18(19)23-20(26)27/h1,17-19H,4-16H2,2H3,(H,23,27)/t18-,19-/m0/s1. The normalized spacial score (nSPS) is 30.4. The summed E-state index contributed by atoms with van der Waals surface area (Å²) >= 11 is 0. The molecule has 29 heavy (non-hydrogen) atoms. The second-order valence-corrected chi connectivity index (χ2v) is 9.28. The van der Waals surface area contributed by atoms with Crippen LogP contribution in [0, 0.1) is 12.3 Å². The van der Waals surface area contributed by atoms with Gasteiger partial charge in [0, 0.05) is 37.8 Å². The third-order valence-electron chi connectivity index (χ3n) is 7.63. The van der Waals surface area contributed by atoms with E-state index in [-0.39, 0.29) is 24.3 Å². The minimum absolute atomic E-state index is 0.0338. The minimum atomic E-state index is -0.300. The molecular formula is C22H34N4O3. The Kier molecular flexibility index (Phi) is 5.91. The maximum Gasteiger partial charge on any atom is 0.410 e. The number of nitrogens with zero attached hydrogens (tertiary/aromatic N) is 3. The second-order valence-electron chi connectivity index (χ2n) is 9.28. The maximum absolute atomic E-state index is 12.6. The van der Waals surface area contributed by atoms with Crippen LogP contribution in [0.3, 0.4) is 0 Å². The quantitative estimate of drug-likeness (QED) is 0.737. The van der Waals surface area contributed by atoms with Crippen LogP contribution in [0.25, 0.3) is 0 Å². The largest absolute Gasteiger partial charge is 0.436 e. The van der Waals surface area contributed by atoms with Crippen LogP contribution in [0.2, 0.25) is 0 Å². The number of likely N-dealkylation sites (tertiary alicyclic amines) is 2. The first kappa shape index (κ1) is 20.3. The highest BCUT2D eigenvalue weighted by Crippen LogP contribution is 2.35. The number of rotatable bonds is 3. The highest BCUT2D eigenvalue weighted by Gasteiger charge is 2.46. The SMILES string of the molecule is C#CCOC(=O)N1CCC(C)(N2CCC(N3C(=O)N[C@H]4CCCC[C@@H]43)CC2)CC1. The number of piperidine rings is 2. The number of hydrogen-bond donors (Lipinski definition) is 1. The molecule has 0 unspecified atom stereocenters. The van der Waals surface area contributed by atoms with Gasteiger partial charge in [0.1, 0.15) is 0 Å². The van der Waals surface area contributed by atoms with Crippen molar-refractivity contribution in [1.82, 2.24) is 20.0 Å². The molecule has 1 saturated carbocycles. The summed E-state index contributed by atoms with van der Waals surface area (Å²) in [6.07, 6.45) is 13.6. The van der Waals surface area contributed by atoms with Gasteiger partial charge in [-0.15, -0.1) is 6.42 Å². The molecule has 0 spiro atoms. The molecule has 7 nitrogen and oxygen atoms in total. The highest BCUT2D eigenvalue weighted by atomic mass is 16.6. The van der Waals surface area contributed by atoms with Crippen LogP contribution < -0.4 is 5.32 Å². The first-order valence-corrected chi connectivity index (χ1v) is 11.2. The van der Waals surface area contributed by atoms with Crippen LogP contribution in [-0.4, -0.2) is 83.3 Å². The zero-order chi connectivity index (χ0) is 20.4. The number of terminal acetylenes is 1. The van der Waals surface area contributed by atoms with Crippen LogP contribution >= 0.6 is 0 Å². The molecule has 3 aliphatic heterocycles. The number of amides is 3. The summed E-state index contributed by atoms with van der Waals surface area (Å²) in [5.41, 5.74) is 0.106. The fourth-order valence-electron chi connectivity index (χ4n) is 5.80. The molecule has 0 radical (unpaired) electrons. The van der Waals surface area contributed by atoms with Crippen LogP contribution in [0.4, 0.5) is 9.59 Å².